The molecule has 0 spiro atoms. The summed E-state index contributed by atoms with van der Waals surface area (Å²) in [6.07, 6.45) is 18.0. The van der Waals surface area contributed by atoms with E-state index in [9.17, 15) is 9.59 Å². The minimum Gasteiger partial charge on any atom is -0.481 e. The van der Waals surface area contributed by atoms with Gasteiger partial charge in [0.15, 0.2) is 0 Å². The van der Waals surface area contributed by atoms with Gasteiger partial charge in [0, 0.05) is 18.8 Å². The van der Waals surface area contributed by atoms with Crippen molar-refractivity contribution in [2.45, 2.75) is 78.1 Å². The fourth-order valence-electron chi connectivity index (χ4n) is 3.50. The number of carbonyl (C=O) groups excluding carboxylic acids is 1. The highest BCUT2D eigenvalue weighted by atomic mass is 16.4. The van der Waals surface area contributed by atoms with Crippen LogP contribution in [0.1, 0.15) is 78.1 Å². The lowest BCUT2D eigenvalue weighted by molar-refractivity contribution is -0.137. The molecule has 3 nitrogen and oxygen atoms in total. The van der Waals surface area contributed by atoms with Gasteiger partial charge in [0.25, 0.3) is 0 Å². The van der Waals surface area contributed by atoms with Gasteiger partial charge in [-0.15, -0.1) is 0 Å². The van der Waals surface area contributed by atoms with Crippen LogP contribution in [0.4, 0.5) is 0 Å². The molecule has 1 aliphatic carbocycles. The first-order valence-corrected chi connectivity index (χ1v) is 9.62. The zero-order chi connectivity index (χ0) is 17.8. The number of ketones is 1. The highest BCUT2D eigenvalue weighted by molar-refractivity contribution is 5.84. The van der Waals surface area contributed by atoms with Gasteiger partial charge in [-0.05, 0) is 43.9 Å². The van der Waals surface area contributed by atoms with Crippen LogP contribution in [0.3, 0.4) is 0 Å². The number of allylic oxidation sites excluding steroid dienone is 4. The van der Waals surface area contributed by atoms with Gasteiger partial charge in [0.05, 0.1) is 0 Å². The Labute approximate surface area is 147 Å². The number of aliphatic carboxylic acids is 1. The minimum atomic E-state index is -0.743. The Balaban J connectivity index is 2.39. The normalized spacial score (nSPS) is 24.4. The van der Waals surface area contributed by atoms with Crippen LogP contribution in [0.5, 0.6) is 0 Å². The third-order valence-corrected chi connectivity index (χ3v) is 4.96. The Morgan fingerprint density at radius 1 is 1.12 bits per heavy atom. The fourth-order valence-corrected chi connectivity index (χ4v) is 3.50. The Morgan fingerprint density at radius 2 is 1.88 bits per heavy atom. The van der Waals surface area contributed by atoms with E-state index in [4.69, 9.17) is 5.11 Å². The van der Waals surface area contributed by atoms with E-state index >= 15 is 0 Å². The molecular formula is C21H34O3. The molecule has 136 valence electrons. The lowest BCUT2D eigenvalue weighted by Gasteiger charge is -2.16. The van der Waals surface area contributed by atoms with Crippen LogP contribution in [0, 0.1) is 17.8 Å². The maximum Gasteiger partial charge on any atom is 0.303 e. The number of hydrogen-bond acceptors (Lipinski definition) is 2. The molecule has 0 bridgehead atoms. The number of unbranched alkanes of at least 4 members (excludes halogenated alkanes) is 5. The molecule has 0 aromatic heterocycles. The van der Waals surface area contributed by atoms with Gasteiger partial charge in [-0.25, -0.2) is 0 Å². The van der Waals surface area contributed by atoms with Crippen LogP contribution in [-0.4, -0.2) is 16.9 Å². The Kier molecular flexibility index (Phi) is 10.4. The molecule has 0 aromatic rings. The third-order valence-electron chi connectivity index (χ3n) is 4.96. The first-order valence-electron chi connectivity index (χ1n) is 9.62. The maximum atomic E-state index is 12.2. The van der Waals surface area contributed by atoms with Crippen molar-refractivity contribution in [2.24, 2.45) is 17.8 Å². The van der Waals surface area contributed by atoms with Crippen LogP contribution in [0.25, 0.3) is 0 Å². The number of Topliss-reactive ketones (excluding diaryl/α,β-unsaturated/α-hetero) is 1. The van der Waals surface area contributed by atoms with Gasteiger partial charge < -0.3 is 5.11 Å². The van der Waals surface area contributed by atoms with E-state index in [1.165, 1.54) is 25.7 Å². The second-order valence-corrected chi connectivity index (χ2v) is 7.10. The van der Waals surface area contributed by atoms with Crippen molar-refractivity contribution in [3.05, 3.63) is 24.3 Å². The summed E-state index contributed by atoms with van der Waals surface area (Å²) < 4.78 is 0. The molecule has 1 unspecified atom stereocenters. The van der Waals surface area contributed by atoms with Gasteiger partial charge >= 0.3 is 5.97 Å². The topological polar surface area (TPSA) is 54.4 Å². The number of rotatable bonds is 12. The number of carboxylic acid groups (broad SMARTS) is 1. The van der Waals surface area contributed by atoms with Gasteiger partial charge in [-0.3, -0.25) is 9.59 Å². The molecule has 0 radical (unpaired) electrons. The van der Waals surface area contributed by atoms with Crippen molar-refractivity contribution in [2.75, 3.05) is 0 Å². The number of hydrogen-bond donors (Lipinski definition) is 1. The second kappa shape index (κ2) is 12.0. The predicted molar refractivity (Wildman–Crippen MR) is 98.9 cm³/mol. The molecular weight excluding hydrogens is 300 g/mol. The van der Waals surface area contributed by atoms with Crippen molar-refractivity contribution in [3.8, 4) is 0 Å². The summed E-state index contributed by atoms with van der Waals surface area (Å²) in [5.74, 6) is 0.565. The molecule has 3 heteroatoms. The highest BCUT2D eigenvalue weighted by Gasteiger charge is 2.37. The van der Waals surface area contributed by atoms with Crippen LogP contribution < -0.4 is 0 Å². The summed E-state index contributed by atoms with van der Waals surface area (Å²) >= 11 is 0. The summed E-state index contributed by atoms with van der Waals surface area (Å²) in [6, 6.07) is 0. The Hall–Kier alpha value is -1.38. The van der Waals surface area contributed by atoms with Crippen molar-refractivity contribution in [3.63, 3.8) is 0 Å². The first kappa shape index (κ1) is 20.7. The van der Waals surface area contributed by atoms with Gasteiger partial charge in [-0.2, -0.15) is 0 Å². The molecule has 1 N–H and O–H groups in total. The first-order chi connectivity index (χ1) is 11.6. The average Bonchev–Trinajstić information content (AvgIpc) is 2.80. The zero-order valence-corrected chi connectivity index (χ0v) is 15.4. The van der Waals surface area contributed by atoms with E-state index in [1.54, 1.807) is 0 Å². The lowest BCUT2D eigenvalue weighted by Crippen LogP contribution is -2.14. The Morgan fingerprint density at radius 3 is 2.58 bits per heavy atom. The van der Waals surface area contributed by atoms with E-state index < -0.39 is 5.97 Å². The Bertz CT molecular complexity index is 436. The molecule has 0 aliphatic heterocycles. The number of carbonyl (C=O) groups is 2. The van der Waals surface area contributed by atoms with E-state index in [1.807, 2.05) is 6.08 Å². The monoisotopic (exact) mass is 334 g/mol. The fraction of sp³-hybridized carbons (Fsp3) is 0.714. The van der Waals surface area contributed by atoms with E-state index in [2.05, 4.69) is 32.1 Å². The van der Waals surface area contributed by atoms with Crippen molar-refractivity contribution >= 4 is 11.8 Å². The van der Waals surface area contributed by atoms with E-state index in [0.29, 0.717) is 30.5 Å². The van der Waals surface area contributed by atoms with E-state index in [0.717, 1.165) is 19.3 Å². The molecule has 1 saturated carbocycles. The summed E-state index contributed by atoms with van der Waals surface area (Å²) in [5, 5.41) is 8.62. The van der Waals surface area contributed by atoms with Gasteiger partial charge in [0.2, 0.25) is 0 Å². The lowest BCUT2D eigenvalue weighted by atomic mass is 9.87. The van der Waals surface area contributed by atoms with E-state index in [-0.39, 0.29) is 12.3 Å². The van der Waals surface area contributed by atoms with Crippen LogP contribution in [0.15, 0.2) is 24.3 Å². The standard InChI is InChI=1S/C21H34O3/c1-3-4-5-6-7-10-13-18-17(2)16-20(22)19(18)14-11-8-9-12-15-21(23)24/h8,10-11,13,17-19H,3-7,9,12,14-16H2,1-2H3,(H,23,24)/b11-8-,13-10+/t17?,18-,19+/m0/s1. The molecule has 0 amide bonds. The van der Waals surface area contributed by atoms with Crippen LogP contribution >= 0.6 is 0 Å². The molecule has 1 rings (SSSR count). The molecule has 3 atom stereocenters. The van der Waals surface area contributed by atoms with Crippen molar-refractivity contribution in [1.29, 1.82) is 0 Å². The van der Waals surface area contributed by atoms with Crippen molar-refractivity contribution < 1.29 is 14.7 Å². The van der Waals surface area contributed by atoms with Crippen LogP contribution in [-0.2, 0) is 9.59 Å². The zero-order valence-electron chi connectivity index (χ0n) is 15.4. The molecule has 1 aliphatic rings. The van der Waals surface area contributed by atoms with Crippen molar-refractivity contribution in [1.82, 2.24) is 0 Å². The minimum absolute atomic E-state index is 0.114. The summed E-state index contributed by atoms with van der Waals surface area (Å²) in [5.41, 5.74) is 0. The quantitative estimate of drug-likeness (QED) is 0.376. The SMILES string of the molecule is CCCCCC/C=C/[C@H]1C(C)CC(=O)[C@@H]1C/C=C\CCCC(=O)O. The van der Waals surface area contributed by atoms with Crippen LogP contribution in [0.2, 0.25) is 0 Å². The molecule has 0 aromatic carbocycles. The second-order valence-electron chi connectivity index (χ2n) is 7.10. The molecule has 0 saturated heterocycles. The smallest absolute Gasteiger partial charge is 0.303 e. The third kappa shape index (κ3) is 7.94. The summed E-state index contributed by atoms with van der Waals surface area (Å²) in [6.45, 7) is 4.40. The average molecular weight is 335 g/mol. The van der Waals surface area contributed by atoms with Gasteiger partial charge in [0.1, 0.15) is 5.78 Å². The summed E-state index contributed by atoms with van der Waals surface area (Å²) in [4.78, 5) is 22.7. The largest absolute Gasteiger partial charge is 0.481 e. The molecule has 0 heterocycles. The highest BCUT2D eigenvalue weighted by Crippen LogP contribution is 2.37. The summed E-state index contributed by atoms with van der Waals surface area (Å²) in [7, 11) is 0. The maximum absolute atomic E-state index is 12.2. The predicted octanol–water partition coefficient (Wildman–Crippen LogP) is 5.56. The molecule has 1 fully saturated rings. The molecule has 24 heavy (non-hydrogen) atoms. The van der Waals surface area contributed by atoms with Gasteiger partial charge in [-0.1, -0.05) is 57.4 Å². The number of carboxylic acids is 1.